The number of alkyl halides is 1. The average Bonchev–Trinajstić information content (AvgIpc) is 3.22. The molecule has 0 saturated carbocycles. The molecule has 30 heavy (non-hydrogen) atoms. The van der Waals surface area contributed by atoms with Crippen LogP contribution in [0, 0.1) is 17.2 Å². The Morgan fingerprint density at radius 1 is 1.33 bits per heavy atom. The highest BCUT2D eigenvalue weighted by Crippen LogP contribution is 2.30. The van der Waals surface area contributed by atoms with Gasteiger partial charge in [0.25, 0.3) is 5.91 Å². The van der Waals surface area contributed by atoms with Crippen molar-refractivity contribution < 1.29 is 14.0 Å². The number of anilines is 1. The van der Waals surface area contributed by atoms with Gasteiger partial charge in [-0.05, 0) is 36.6 Å². The van der Waals surface area contributed by atoms with Gasteiger partial charge in [0, 0.05) is 36.1 Å². The second-order valence-electron chi connectivity index (χ2n) is 7.50. The molecular weight excluding hydrogens is 405 g/mol. The fourth-order valence-corrected chi connectivity index (χ4v) is 4.90. The fraction of sp³-hybridized carbons (Fsp3) is 0.429. The van der Waals surface area contributed by atoms with Gasteiger partial charge in [0.1, 0.15) is 6.04 Å². The first-order valence-corrected chi connectivity index (χ1v) is 11.0. The zero-order valence-electron chi connectivity index (χ0n) is 16.4. The van der Waals surface area contributed by atoms with E-state index >= 15 is 0 Å². The van der Waals surface area contributed by atoms with E-state index in [9.17, 15) is 14.0 Å². The summed E-state index contributed by atoms with van der Waals surface area (Å²) in [5, 5.41) is 12.5. The van der Waals surface area contributed by atoms with E-state index in [1.165, 1.54) is 16.7 Å². The summed E-state index contributed by atoms with van der Waals surface area (Å²) in [6.45, 7) is 1.16. The Bertz CT molecular complexity index is 1000. The molecule has 7 nitrogen and oxygen atoms in total. The molecule has 2 aromatic rings. The number of benzene rings is 1. The van der Waals surface area contributed by atoms with Gasteiger partial charge >= 0.3 is 0 Å². The summed E-state index contributed by atoms with van der Waals surface area (Å²) in [6.07, 6.45) is 2.15. The number of fused-ring (bicyclic) bond motifs is 1. The molecule has 2 aliphatic rings. The maximum absolute atomic E-state index is 12.8. The van der Waals surface area contributed by atoms with Gasteiger partial charge in [-0.15, -0.1) is 11.8 Å². The molecular formula is C21H22FN5O2S. The van der Waals surface area contributed by atoms with Crippen LogP contribution in [0.3, 0.4) is 0 Å². The number of nitrogens with one attached hydrogen (secondary N) is 1. The third kappa shape index (κ3) is 4.05. The number of halogens is 1. The normalized spacial score (nSPS) is 18.9. The van der Waals surface area contributed by atoms with Crippen LogP contribution in [0.15, 0.2) is 30.5 Å². The van der Waals surface area contributed by atoms with E-state index in [0.29, 0.717) is 40.4 Å². The number of nitrogens with zero attached hydrogens (tertiary/aromatic N) is 4. The predicted molar refractivity (Wildman–Crippen MR) is 114 cm³/mol. The number of thioether (sulfide) groups is 1. The maximum atomic E-state index is 12.8. The van der Waals surface area contributed by atoms with E-state index in [0.717, 1.165) is 18.8 Å². The Morgan fingerprint density at radius 3 is 2.93 bits per heavy atom. The molecule has 0 radical (unpaired) electrons. The molecule has 0 bridgehead atoms. The van der Waals surface area contributed by atoms with Crippen molar-refractivity contribution in [1.29, 1.82) is 5.26 Å². The van der Waals surface area contributed by atoms with Gasteiger partial charge in [-0.25, -0.2) is 0 Å². The predicted octanol–water partition coefficient (Wildman–Crippen LogP) is 2.19. The Kier molecular flexibility index (Phi) is 6.04. The van der Waals surface area contributed by atoms with Crippen LogP contribution in [0.25, 0.3) is 10.9 Å². The third-order valence-corrected chi connectivity index (χ3v) is 6.57. The van der Waals surface area contributed by atoms with Gasteiger partial charge in [0.2, 0.25) is 5.91 Å². The number of carbonyl (C=O) groups excluding carboxylic acids is 2. The molecule has 1 aromatic heterocycles. The highest BCUT2D eigenvalue weighted by Gasteiger charge is 2.29. The SMILES string of the molecule is N#C[C@@H]1CSCN1C(=O)CNC(=O)c1ccnc2ccc(N3CC(CCF)C3)cc12. The average molecular weight is 428 g/mol. The van der Waals surface area contributed by atoms with Gasteiger partial charge in [0.15, 0.2) is 0 Å². The minimum absolute atomic E-state index is 0.155. The summed E-state index contributed by atoms with van der Waals surface area (Å²) in [6, 6.07) is 9.06. The topological polar surface area (TPSA) is 89.3 Å². The monoisotopic (exact) mass is 427 g/mol. The largest absolute Gasteiger partial charge is 0.371 e. The second kappa shape index (κ2) is 8.88. The third-order valence-electron chi connectivity index (χ3n) is 5.56. The number of pyridine rings is 1. The molecule has 3 heterocycles. The van der Waals surface area contributed by atoms with Crippen molar-refractivity contribution in [2.45, 2.75) is 12.5 Å². The molecule has 2 fully saturated rings. The number of carbonyl (C=O) groups is 2. The highest BCUT2D eigenvalue weighted by atomic mass is 32.2. The lowest BCUT2D eigenvalue weighted by molar-refractivity contribution is -0.129. The number of hydrogen-bond donors (Lipinski definition) is 1. The van der Waals surface area contributed by atoms with E-state index in [-0.39, 0.29) is 25.0 Å². The van der Waals surface area contributed by atoms with Crippen LogP contribution in [-0.4, -0.2) is 65.7 Å². The minimum Gasteiger partial charge on any atom is -0.371 e. The van der Waals surface area contributed by atoms with Gasteiger partial charge in [-0.3, -0.25) is 19.0 Å². The lowest BCUT2D eigenvalue weighted by Crippen LogP contribution is -2.46. The van der Waals surface area contributed by atoms with E-state index in [2.05, 4.69) is 21.3 Å². The fourth-order valence-electron chi connectivity index (χ4n) is 3.79. The molecule has 2 amide bonds. The molecule has 2 aliphatic heterocycles. The lowest BCUT2D eigenvalue weighted by atomic mass is 9.95. The maximum Gasteiger partial charge on any atom is 0.252 e. The number of aromatic nitrogens is 1. The number of rotatable bonds is 6. The van der Waals surface area contributed by atoms with Crippen LogP contribution in [0.4, 0.5) is 10.1 Å². The molecule has 1 aromatic carbocycles. The summed E-state index contributed by atoms with van der Waals surface area (Å²) in [4.78, 5) is 33.2. The van der Waals surface area contributed by atoms with Crippen LogP contribution in [0.2, 0.25) is 0 Å². The quantitative estimate of drug-likeness (QED) is 0.760. The Labute approximate surface area is 178 Å². The molecule has 1 atom stereocenters. The summed E-state index contributed by atoms with van der Waals surface area (Å²) < 4.78 is 12.5. The van der Waals surface area contributed by atoms with Crippen molar-refractivity contribution in [3.05, 3.63) is 36.0 Å². The Hall–Kier alpha value is -2.86. The molecule has 1 N–H and O–H groups in total. The van der Waals surface area contributed by atoms with Crippen LogP contribution >= 0.6 is 11.8 Å². The molecule has 9 heteroatoms. The molecule has 0 unspecified atom stereocenters. The van der Waals surface area contributed by atoms with E-state index < -0.39 is 6.04 Å². The van der Waals surface area contributed by atoms with Crippen LogP contribution in [-0.2, 0) is 4.79 Å². The van der Waals surface area contributed by atoms with Crippen molar-refractivity contribution in [2.24, 2.45) is 5.92 Å². The Balaban J connectivity index is 1.46. The van der Waals surface area contributed by atoms with E-state index in [1.807, 2.05) is 18.2 Å². The summed E-state index contributed by atoms with van der Waals surface area (Å²) in [5.41, 5.74) is 2.11. The first-order chi connectivity index (χ1) is 14.6. The van der Waals surface area contributed by atoms with Crippen LogP contribution < -0.4 is 10.2 Å². The summed E-state index contributed by atoms with van der Waals surface area (Å²) >= 11 is 1.53. The first kappa shape index (κ1) is 20.4. The zero-order valence-corrected chi connectivity index (χ0v) is 17.2. The van der Waals surface area contributed by atoms with E-state index in [1.54, 1.807) is 12.3 Å². The minimum atomic E-state index is -0.443. The summed E-state index contributed by atoms with van der Waals surface area (Å²) in [7, 11) is 0. The summed E-state index contributed by atoms with van der Waals surface area (Å²) in [5.74, 6) is 0.810. The number of nitriles is 1. The van der Waals surface area contributed by atoms with Gasteiger partial charge in [0.05, 0.1) is 36.2 Å². The lowest BCUT2D eigenvalue weighted by Gasteiger charge is -2.41. The molecule has 0 aliphatic carbocycles. The number of hydrogen-bond acceptors (Lipinski definition) is 6. The van der Waals surface area contributed by atoms with Crippen LogP contribution in [0.5, 0.6) is 0 Å². The molecule has 0 spiro atoms. The van der Waals surface area contributed by atoms with Gasteiger partial charge in [-0.1, -0.05) is 0 Å². The molecule has 156 valence electrons. The van der Waals surface area contributed by atoms with Crippen molar-refractivity contribution >= 4 is 40.2 Å². The first-order valence-electron chi connectivity index (χ1n) is 9.85. The van der Waals surface area contributed by atoms with Crippen molar-refractivity contribution in [1.82, 2.24) is 15.2 Å². The smallest absolute Gasteiger partial charge is 0.252 e. The molecule has 2 saturated heterocycles. The van der Waals surface area contributed by atoms with Crippen molar-refractivity contribution in [3.63, 3.8) is 0 Å². The Morgan fingerprint density at radius 2 is 2.17 bits per heavy atom. The van der Waals surface area contributed by atoms with Crippen molar-refractivity contribution in [2.75, 3.05) is 42.8 Å². The van der Waals surface area contributed by atoms with Crippen LogP contribution in [0.1, 0.15) is 16.8 Å². The van der Waals surface area contributed by atoms with E-state index in [4.69, 9.17) is 5.26 Å². The zero-order chi connectivity index (χ0) is 21.1. The van der Waals surface area contributed by atoms with Gasteiger partial charge in [-0.2, -0.15) is 5.26 Å². The molecule has 4 rings (SSSR count). The standard InChI is InChI=1S/C21H22FN5O2S/c22-5-3-14-10-26(11-14)15-1-2-19-18(7-15)17(4-6-24-19)21(29)25-9-20(28)27-13-30-12-16(27)8-23/h1-2,4,6-7,14,16H,3,5,9-13H2,(H,25,29)/t16-/m1/s1. The second-order valence-corrected chi connectivity index (χ2v) is 8.50. The number of amides is 2. The van der Waals surface area contributed by atoms with Crippen molar-refractivity contribution in [3.8, 4) is 6.07 Å². The highest BCUT2D eigenvalue weighted by molar-refractivity contribution is 7.99. The van der Waals surface area contributed by atoms with Gasteiger partial charge < -0.3 is 15.1 Å².